The second kappa shape index (κ2) is 13.1. The van der Waals surface area contributed by atoms with Crippen LogP contribution in [0, 0.1) is 5.92 Å². The molecule has 266 valence electrons. The van der Waals surface area contributed by atoms with Crippen LogP contribution in [0.1, 0.15) is 30.4 Å². The van der Waals surface area contributed by atoms with E-state index in [0.717, 1.165) is 36.0 Å². The molecule has 0 amide bonds. The van der Waals surface area contributed by atoms with Crippen molar-refractivity contribution in [2.45, 2.75) is 24.7 Å². The number of benzene rings is 6. The predicted octanol–water partition coefficient (Wildman–Crippen LogP) is 12.6. The van der Waals surface area contributed by atoms with E-state index < -0.39 is 5.41 Å². The van der Waals surface area contributed by atoms with E-state index >= 15 is 0 Å². The summed E-state index contributed by atoms with van der Waals surface area (Å²) < 4.78 is 2.53. The van der Waals surface area contributed by atoms with Gasteiger partial charge in [-0.25, -0.2) is 15.0 Å². The number of hydrogen-bond donors (Lipinski definition) is 0. The van der Waals surface area contributed by atoms with Gasteiger partial charge in [-0.3, -0.25) is 0 Å². The quantitative estimate of drug-likeness (QED) is 0.172. The average Bonchev–Trinajstić information content (AvgIpc) is 3.62. The predicted molar refractivity (Wildman–Crippen MR) is 230 cm³/mol. The van der Waals surface area contributed by atoms with E-state index in [9.17, 15) is 0 Å². The first-order chi connectivity index (χ1) is 27.8. The molecule has 56 heavy (non-hydrogen) atoms. The molecule has 6 aromatic carbocycles. The van der Waals surface area contributed by atoms with Gasteiger partial charge in [0.25, 0.3) is 0 Å². The number of rotatable bonds is 6. The Morgan fingerprint density at radius 2 is 1.20 bits per heavy atom. The summed E-state index contributed by atoms with van der Waals surface area (Å²) in [4.78, 5) is 15.2. The molecule has 3 aliphatic rings. The maximum atomic E-state index is 5.10. The molecule has 0 fully saturated rings. The van der Waals surface area contributed by atoms with Crippen LogP contribution in [-0.2, 0) is 5.41 Å². The lowest BCUT2D eigenvalue weighted by Gasteiger charge is -2.47. The zero-order valence-electron chi connectivity index (χ0n) is 30.9. The van der Waals surface area contributed by atoms with Crippen LogP contribution in [0.5, 0.6) is 0 Å². The number of para-hydroxylation sites is 1. The Labute approximate surface area is 326 Å². The van der Waals surface area contributed by atoms with Gasteiger partial charge in [0.15, 0.2) is 17.5 Å². The summed E-state index contributed by atoms with van der Waals surface area (Å²) in [7, 11) is 0. The van der Waals surface area contributed by atoms with Gasteiger partial charge in [-0.1, -0.05) is 158 Å². The Hall–Kier alpha value is -6.91. The van der Waals surface area contributed by atoms with E-state index in [1.54, 1.807) is 0 Å². The van der Waals surface area contributed by atoms with Crippen molar-refractivity contribution in [3.8, 4) is 51.0 Å². The molecule has 0 radical (unpaired) electrons. The molecule has 0 spiro atoms. The Balaban J connectivity index is 1.19. The van der Waals surface area contributed by atoms with E-state index in [-0.39, 0.29) is 5.92 Å². The zero-order chi connectivity index (χ0) is 37.1. The van der Waals surface area contributed by atoms with Gasteiger partial charge in [0.1, 0.15) is 0 Å². The second-order valence-corrected chi connectivity index (χ2v) is 15.0. The molecular weight excluding hydrogens is 681 g/mol. The first-order valence-corrected chi connectivity index (χ1v) is 19.6. The van der Waals surface area contributed by atoms with Gasteiger partial charge in [0.05, 0.1) is 22.1 Å². The first-order valence-electron chi connectivity index (χ1n) is 19.6. The standard InChI is InChI=1S/C52H38N4/c1-6-17-35(18-7-1)38-29-32-47-45(34-38)52(40-23-12-4-13-24-40,41-25-14-5-15-26-41)44-28-16-27-42-43-33-39(30-31-46(43)56(47)48(42)44)51-54-49(36-19-8-2-9-20-36)53-50(55-51)37-21-10-3-11-22-37/h1-4,6-14,16-23,25-34,40H,5,15,24H2. The molecule has 3 heterocycles. The molecule has 0 saturated heterocycles. The van der Waals surface area contributed by atoms with Crippen LogP contribution in [0.4, 0.5) is 0 Å². The van der Waals surface area contributed by atoms with Gasteiger partial charge in [-0.2, -0.15) is 0 Å². The Kier molecular flexibility index (Phi) is 7.63. The smallest absolute Gasteiger partial charge is 0.164 e. The van der Waals surface area contributed by atoms with Gasteiger partial charge in [0.2, 0.25) is 0 Å². The van der Waals surface area contributed by atoms with E-state index in [2.05, 4.69) is 156 Å². The fourth-order valence-electron chi connectivity index (χ4n) is 9.45. The van der Waals surface area contributed by atoms with Crippen LogP contribution in [0.15, 0.2) is 194 Å². The highest BCUT2D eigenvalue weighted by molar-refractivity contribution is 6.13. The third-order valence-electron chi connectivity index (χ3n) is 11.9. The Morgan fingerprint density at radius 3 is 1.86 bits per heavy atom. The van der Waals surface area contributed by atoms with Crippen molar-refractivity contribution >= 4 is 21.8 Å². The van der Waals surface area contributed by atoms with Gasteiger partial charge in [-0.15, -0.1) is 0 Å². The van der Waals surface area contributed by atoms with Crippen molar-refractivity contribution in [3.63, 3.8) is 0 Å². The highest BCUT2D eigenvalue weighted by atomic mass is 15.0. The molecule has 0 bridgehead atoms. The molecule has 8 aromatic rings. The van der Waals surface area contributed by atoms with Crippen molar-refractivity contribution in [3.05, 3.63) is 205 Å². The van der Waals surface area contributed by atoms with Crippen molar-refractivity contribution in [2.75, 3.05) is 0 Å². The highest BCUT2D eigenvalue weighted by Crippen LogP contribution is 2.57. The maximum absolute atomic E-state index is 5.10. The normalized spacial score (nSPS) is 18.3. The Bertz CT molecular complexity index is 2880. The molecule has 4 nitrogen and oxygen atoms in total. The Morgan fingerprint density at radius 1 is 0.518 bits per heavy atom. The molecule has 2 aliphatic carbocycles. The largest absolute Gasteiger partial charge is 0.309 e. The molecule has 2 unspecified atom stereocenters. The van der Waals surface area contributed by atoms with Crippen LogP contribution < -0.4 is 0 Å². The van der Waals surface area contributed by atoms with Crippen molar-refractivity contribution in [1.82, 2.24) is 19.5 Å². The van der Waals surface area contributed by atoms with Crippen molar-refractivity contribution in [2.24, 2.45) is 5.92 Å². The minimum Gasteiger partial charge on any atom is -0.309 e. The SMILES string of the molecule is C1=CCC(C2(C3=CCCC=C3)c3cc(-c4ccccc4)ccc3-n3c4ccc(-c5nc(-c6ccccc6)nc(-c6ccccc6)n5)cc4c4cccc2c43)C=C1. The maximum Gasteiger partial charge on any atom is 0.164 e. The fourth-order valence-corrected chi connectivity index (χ4v) is 9.45. The molecule has 2 atom stereocenters. The molecule has 1 aliphatic heterocycles. The second-order valence-electron chi connectivity index (χ2n) is 15.0. The third-order valence-corrected chi connectivity index (χ3v) is 11.9. The average molecular weight is 719 g/mol. The lowest BCUT2D eigenvalue weighted by Crippen LogP contribution is -2.41. The molecule has 11 rings (SSSR count). The van der Waals surface area contributed by atoms with E-state index in [0.29, 0.717) is 17.5 Å². The summed E-state index contributed by atoms with van der Waals surface area (Å²) in [5.74, 6) is 2.21. The number of allylic oxidation sites excluding steroid dienone is 8. The van der Waals surface area contributed by atoms with Crippen LogP contribution in [0.2, 0.25) is 0 Å². The summed E-state index contributed by atoms with van der Waals surface area (Å²) in [6.45, 7) is 0. The lowest BCUT2D eigenvalue weighted by molar-refractivity contribution is 0.441. The highest BCUT2D eigenvalue weighted by Gasteiger charge is 2.49. The lowest BCUT2D eigenvalue weighted by atomic mass is 9.57. The van der Waals surface area contributed by atoms with Crippen LogP contribution in [0.25, 0.3) is 72.8 Å². The first kappa shape index (κ1) is 32.5. The molecule has 2 aromatic heterocycles. The van der Waals surface area contributed by atoms with Crippen LogP contribution in [0.3, 0.4) is 0 Å². The summed E-state index contributed by atoms with van der Waals surface area (Å²) in [6, 6.07) is 52.1. The van der Waals surface area contributed by atoms with E-state index in [1.807, 2.05) is 36.4 Å². The summed E-state index contributed by atoms with van der Waals surface area (Å²) in [5.41, 5.74) is 12.7. The number of aromatic nitrogens is 4. The molecule has 0 N–H and O–H groups in total. The minimum atomic E-state index is -0.394. The van der Waals surface area contributed by atoms with Gasteiger partial charge >= 0.3 is 0 Å². The van der Waals surface area contributed by atoms with Crippen molar-refractivity contribution in [1.29, 1.82) is 0 Å². The van der Waals surface area contributed by atoms with Gasteiger partial charge < -0.3 is 4.57 Å². The third kappa shape index (κ3) is 5.03. The van der Waals surface area contributed by atoms with Crippen LogP contribution >= 0.6 is 0 Å². The fraction of sp³-hybridized carbons (Fsp3) is 0.0962. The zero-order valence-corrected chi connectivity index (χ0v) is 30.9. The minimum absolute atomic E-state index is 0.234. The monoisotopic (exact) mass is 718 g/mol. The molecule has 0 saturated carbocycles. The van der Waals surface area contributed by atoms with E-state index in [1.165, 1.54) is 55.3 Å². The molecule has 4 heteroatoms. The topological polar surface area (TPSA) is 43.6 Å². The summed E-state index contributed by atoms with van der Waals surface area (Å²) >= 11 is 0. The summed E-state index contributed by atoms with van der Waals surface area (Å²) in [5, 5.41) is 2.42. The van der Waals surface area contributed by atoms with Gasteiger partial charge in [-0.05, 0) is 83.3 Å². The van der Waals surface area contributed by atoms with E-state index in [4.69, 9.17) is 15.0 Å². The van der Waals surface area contributed by atoms with Gasteiger partial charge in [0, 0.05) is 27.5 Å². The number of nitrogens with zero attached hydrogens (tertiary/aromatic N) is 4. The van der Waals surface area contributed by atoms with Crippen LogP contribution in [-0.4, -0.2) is 19.5 Å². The van der Waals surface area contributed by atoms with Crippen molar-refractivity contribution < 1.29 is 0 Å². The number of hydrogen-bond acceptors (Lipinski definition) is 3. The summed E-state index contributed by atoms with van der Waals surface area (Å²) in [6.07, 6.45) is 19.6. The molecular formula is C52H38N4. The number of fused-ring (bicyclic) bond motifs is 5.